The summed E-state index contributed by atoms with van der Waals surface area (Å²) < 4.78 is 179. The summed E-state index contributed by atoms with van der Waals surface area (Å²) in [5, 5.41) is 17.7. The first kappa shape index (κ1) is 77.2. The van der Waals surface area contributed by atoms with Crippen molar-refractivity contribution in [3.63, 3.8) is 0 Å². The zero-order valence-corrected chi connectivity index (χ0v) is 49.9. The van der Waals surface area contributed by atoms with Crippen LogP contribution in [-0.4, -0.2) is 98.8 Å². The smallest absolute Gasteiger partial charge is 0.426 e. The quantitative estimate of drug-likeness (QED) is 0.0583. The monoisotopic (exact) mass is 1290 g/mol. The predicted molar refractivity (Wildman–Crippen MR) is 306 cm³/mol. The van der Waals surface area contributed by atoms with Gasteiger partial charge in [-0.25, -0.2) is 26.7 Å². The van der Waals surface area contributed by atoms with Crippen LogP contribution in [0.5, 0.6) is 28.7 Å². The lowest BCUT2D eigenvalue weighted by Gasteiger charge is -2.34. The number of fused-ring (bicyclic) bond motifs is 1. The second kappa shape index (κ2) is 39.9. The molecule has 2 N–H and O–H groups in total. The van der Waals surface area contributed by atoms with E-state index < -0.39 is 60.2 Å². The fraction of sp³-hybridized carbons (Fsp3) is 0.397. The summed E-state index contributed by atoms with van der Waals surface area (Å²) in [6.07, 6.45) is 0.797. The highest BCUT2D eigenvalue weighted by Gasteiger charge is 2.53. The Morgan fingerprint density at radius 1 is 0.652 bits per heavy atom. The number of hydrogen-bond acceptors (Lipinski definition) is 14. The highest BCUT2D eigenvalue weighted by molar-refractivity contribution is 5.85. The lowest BCUT2D eigenvalue weighted by molar-refractivity contribution is -0.219. The SMILES string of the molecule is C1=COCCC1.CCOC(=O)/C=C/C(F)(F)F.CCOC(=O)C1Cc2c(C=O)cc(F)c(C)c2OC1C(F)(F)F.Cc1c(F)ccc(C=O)c1O.Cc1c(F)cccc1OC1CCCCO1.Cl.Fc1cccc(OC2CCCCO2)c1.Oc1cccc(F)c1. The van der Waals surface area contributed by atoms with Crippen LogP contribution in [-0.2, 0) is 39.7 Å². The van der Waals surface area contributed by atoms with Gasteiger partial charge in [0.1, 0.15) is 63.8 Å². The van der Waals surface area contributed by atoms with Crippen molar-refractivity contribution in [1.82, 2.24) is 0 Å². The third kappa shape index (κ3) is 28.4. The van der Waals surface area contributed by atoms with E-state index in [4.69, 9.17) is 38.6 Å². The van der Waals surface area contributed by atoms with Gasteiger partial charge in [-0.1, -0.05) is 18.2 Å². The summed E-state index contributed by atoms with van der Waals surface area (Å²) in [5.41, 5.74) is 0.572. The van der Waals surface area contributed by atoms with E-state index >= 15 is 0 Å². The van der Waals surface area contributed by atoms with Crippen LogP contribution < -0.4 is 14.2 Å². The van der Waals surface area contributed by atoms with Crippen molar-refractivity contribution < 1.29 is 116 Å². The Hall–Kier alpha value is -7.90. The van der Waals surface area contributed by atoms with Crippen molar-refractivity contribution >= 4 is 36.9 Å². The normalized spacial score (nSPS) is 17.2. The molecule has 26 heteroatoms. The average molecular weight is 1300 g/mol. The molecule has 0 saturated carbocycles. The molecule has 14 nitrogen and oxygen atoms in total. The second-order valence-corrected chi connectivity index (χ2v) is 19.0. The molecule has 4 aliphatic rings. The van der Waals surface area contributed by atoms with Gasteiger partial charge in [0.05, 0.1) is 44.9 Å². The Labute approximate surface area is 513 Å². The molecule has 89 heavy (non-hydrogen) atoms. The van der Waals surface area contributed by atoms with Gasteiger partial charge in [-0.2, -0.15) is 26.3 Å². The first-order chi connectivity index (χ1) is 41.7. The summed E-state index contributed by atoms with van der Waals surface area (Å²) in [6, 6.07) is 19.5. The van der Waals surface area contributed by atoms with E-state index in [1.807, 2.05) is 6.08 Å². The number of benzene rings is 5. The van der Waals surface area contributed by atoms with E-state index in [1.165, 1.54) is 83.0 Å². The zero-order valence-electron chi connectivity index (χ0n) is 49.1. The van der Waals surface area contributed by atoms with E-state index in [0.29, 0.717) is 35.7 Å². The average Bonchev–Trinajstić information content (AvgIpc) is 0.928. The first-order valence-corrected chi connectivity index (χ1v) is 27.5. The standard InChI is InChI=1S/C15H14F4O4.C12H15FO2.C11H13FO2.C8H7FO2.C6H7F3O2.C6H5FO.C5H8O.ClH/c1-3-22-14(21)10-5-9-8(6-20)4-11(16)7(2)12(9)23-13(10)15(17,18)19;1-9-10(13)5-4-6-11(9)15-12-7-2-3-8-14-12;12-9-4-3-5-10(8-9)14-11-6-1-2-7-13-11;1-5-7(9)3-2-6(4-10)8(5)11;1-2-11-5(10)3-4-6(7,8)9;7-5-2-1-3-6(8)4-5;1-2-4-6-5-3-1;/h4,6,10,13H,3,5H2,1-2H3;4-6,12H,2-3,7-8H2,1H3;3-5,8,11H,1-2,6-7H2;2-4,11H,1H3;3-4H,2H2,1H3;1-4,8H;2,4H,1,3,5H2;1H/b;;;;4-3+;;;. The lowest BCUT2D eigenvalue weighted by atomic mass is 9.86. The largest absolute Gasteiger partial charge is 0.508 e. The van der Waals surface area contributed by atoms with Crippen molar-refractivity contribution in [3.05, 3.63) is 172 Å². The number of carbonyl (C=O) groups is 4. The fourth-order valence-corrected chi connectivity index (χ4v) is 7.83. The third-order valence-electron chi connectivity index (χ3n) is 12.3. The maximum Gasteiger partial charge on any atom is 0.426 e. The molecule has 9 rings (SSSR count). The van der Waals surface area contributed by atoms with E-state index in [-0.39, 0.29) is 101 Å². The molecule has 0 spiro atoms. The molecule has 0 aromatic heterocycles. The van der Waals surface area contributed by atoms with Crippen molar-refractivity contribution in [2.75, 3.05) is 33.0 Å². The Bertz CT molecular complexity index is 3010. The maximum absolute atomic E-state index is 13.7. The molecule has 4 heterocycles. The van der Waals surface area contributed by atoms with Gasteiger partial charge < -0.3 is 48.1 Å². The number of aromatic hydroxyl groups is 2. The number of halogens is 12. The Kier molecular flexibility index (Phi) is 34.6. The topological polar surface area (TPSA) is 183 Å². The molecule has 4 aliphatic heterocycles. The summed E-state index contributed by atoms with van der Waals surface area (Å²) >= 11 is 0. The molecular formula is C63H70ClF11O14. The molecule has 0 radical (unpaired) electrons. The number of allylic oxidation sites excluding steroid dienone is 2. The summed E-state index contributed by atoms with van der Waals surface area (Å²) in [4.78, 5) is 43.4. The molecule has 5 aromatic carbocycles. The number of phenols is 2. The number of ether oxygens (including phenoxy) is 8. The van der Waals surface area contributed by atoms with Crippen LogP contribution in [0.3, 0.4) is 0 Å². The number of aldehydes is 2. The van der Waals surface area contributed by atoms with Gasteiger partial charge in [0.25, 0.3) is 0 Å². The van der Waals surface area contributed by atoms with Crippen molar-refractivity contribution in [2.24, 2.45) is 5.92 Å². The second-order valence-electron chi connectivity index (χ2n) is 19.0. The number of rotatable bonds is 10. The highest BCUT2D eigenvalue weighted by atomic mass is 35.5. The number of hydrogen-bond donors (Lipinski definition) is 2. The molecule has 0 aliphatic carbocycles. The van der Waals surface area contributed by atoms with Crippen LogP contribution in [0.15, 0.2) is 109 Å². The van der Waals surface area contributed by atoms with E-state index in [1.54, 1.807) is 37.5 Å². The first-order valence-electron chi connectivity index (χ1n) is 27.5. The summed E-state index contributed by atoms with van der Waals surface area (Å²) in [5.74, 6) is -5.50. The third-order valence-corrected chi connectivity index (χ3v) is 12.3. The molecule has 2 saturated heterocycles. The maximum atomic E-state index is 13.7. The minimum Gasteiger partial charge on any atom is -0.508 e. The molecule has 490 valence electrons. The molecule has 0 bridgehead atoms. The van der Waals surface area contributed by atoms with E-state index in [2.05, 4.69) is 9.47 Å². The van der Waals surface area contributed by atoms with Gasteiger partial charge in [0.15, 0.2) is 25.2 Å². The minimum atomic E-state index is -4.84. The zero-order chi connectivity index (χ0) is 65.4. The van der Waals surface area contributed by atoms with Crippen molar-refractivity contribution in [1.29, 1.82) is 0 Å². The molecular weight excluding hydrogens is 1230 g/mol. The van der Waals surface area contributed by atoms with Gasteiger partial charge in [-0.05, 0) is 140 Å². The Morgan fingerprint density at radius 2 is 1.25 bits per heavy atom. The van der Waals surface area contributed by atoms with Gasteiger partial charge in [-0.15, -0.1) is 12.4 Å². The van der Waals surface area contributed by atoms with E-state index in [9.17, 15) is 67.5 Å². The molecule has 5 aromatic rings. The summed E-state index contributed by atoms with van der Waals surface area (Å²) in [7, 11) is 0. The van der Waals surface area contributed by atoms with Crippen LogP contribution in [0, 0.1) is 55.8 Å². The minimum absolute atomic E-state index is 0. The van der Waals surface area contributed by atoms with Gasteiger partial charge in [0.2, 0.25) is 6.10 Å². The van der Waals surface area contributed by atoms with Crippen LogP contribution in [0.1, 0.15) is 108 Å². The highest BCUT2D eigenvalue weighted by Crippen LogP contribution is 2.42. The van der Waals surface area contributed by atoms with Gasteiger partial charge >= 0.3 is 24.3 Å². The number of phenolic OH excluding ortho intramolecular Hbond substituents is 2. The molecule has 2 fully saturated rings. The number of esters is 2. The van der Waals surface area contributed by atoms with Gasteiger partial charge in [0, 0.05) is 64.9 Å². The molecule has 0 amide bonds. The molecule has 4 unspecified atom stereocenters. The van der Waals surface area contributed by atoms with Crippen LogP contribution in [0.25, 0.3) is 0 Å². The summed E-state index contributed by atoms with van der Waals surface area (Å²) in [6.45, 7) is 9.73. The predicted octanol–water partition coefficient (Wildman–Crippen LogP) is 15.3. The van der Waals surface area contributed by atoms with Crippen molar-refractivity contribution in [2.45, 2.75) is 123 Å². The number of carbonyl (C=O) groups excluding carboxylic acids is 4. The number of alkyl halides is 6. The van der Waals surface area contributed by atoms with Crippen LogP contribution in [0.4, 0.5) is 48.3 Å². The Morgan fingerprint density at radius 3 is 1.73 bits per heavy atom. The lowest BCUT2D eigenvalue weighted by Crippen LogP contribution is -2.48. The van der Waals surface area contributed by atoms with Crippen LogP contribution >= 0.6 is 12.4 Å². The fourth-order valence-electron chi connectivity index (χ4n) is 7.83. The van der Waals surface area contributed by atoms with Crippen LogP contribution in [0.2, 0.25) is 0 Å². The van der Waals surface area contributed by atoms with Crippen molar-refractivity contribution in [3.8, 4) is 28.7 Å². The Balaban J connectivity index is 0.000000366. The van der Waals surface area contributed by atoms with Gasteiger partial charge in [-0.3, -0.25) is 14.4 Å². The molecule has 4 atom stereocenters. The van der Waals surface area contributed by atoms with E-state index in [0.717, 1.165) is 76.5 Å².